The molecule has 2 unspecified atom stereocenters. The summed E-state index contributed by atoms with van der Waals surface area (Å²) in [4.78, 5) is 39.0. The molecule has 158 valence electrons. The lowest BCUT2D eigenvalue weighted by Crippen LogP contribution is -2.59. The molecule has 1 saturated carbocycles. The van der Waals surface area contributed by atoms with Gasteiger partial charge < -0.3 is 29.3 Å². The fourth-order valence-electron chi connectivity index (χ4n) is 3.86. The minimum Gasteiger partial charge on any atom is -0.448 e. The SMILES string of the molecule is CC(OC(=O)OC1CCCCC1)Oc1c2n(ccc1=O)NC1COCCN1C2=O. The first-order valence-corrected chi connectivity index (χ1v) is 9.98. The van der Waals surface area contributed by atoms with Crippen molar-refractivity contribution in [3.8, 4) is 5.75 Å². The van der Waals surface area contributed by atoms with Crippen LogP contribution in [0.25, 0.3) is 0 Å². The second-order valence-electron chi connectivity index (χ2n) is 7.38. The maximum Gasteiger partial charge on any atom is 0.511 e. The van der Waals surface area contributed by atoms with Crippen molar-refractivity contribution in [2.45, 2.75) is 57.6 Å². The number of nitrogens with one attached hydrogen (secondary N) is 1. The van der Waals surface area contributed by atoms with E-state index in [9.17, 15) is 14.4 Å². The van der Waals surface area contributed by atoms with Gasteiger partial charge in [0, 0.05) is 25.7 Å². The first kappa shape index (κ1) is 19.6. The van der Waals surface area contributed by atoms with E-state index in [1.165, 1.54) is 23.9 Å². The minimum atomic E-state index is -1.10. The predicted molar refractivity (Wildman–Crippen MR) is 100 cm³/mol. The lowest BCUT2D eigenvalue weighted by Gasteiger charge is -2.41. The molecule has 1 aromatic heterocycles. The van der Waals surface area contributed by atoms with Crippen molar-refractivity contribution in [3.63, 3.8) is 0 Å². The Kier molecular flexibility index (Phi) is 5.61. The standard InChI is InChI=1S/C19H25N3O7/c1-12(28-19(25)29-13-5-3-2-4-6-13)27-17-14(23)7-8-22-16(17)18(24)21-9-10-26-11-15(21)20-22/h7-8,12-13,15,20H,2-6,9-11H2,1H3. The van der Waals surface area contributed by atoms with E-state index in [-0.39, 0.29) is 29.6 Å². The maximum atomic E-state index is 12.9. The van der Waals surface area contributed by atoms with E-state index in [1.54, 1.807) is 4.90 Å². The van der Waals surface area contributed by atoms with Crippen LogP contribution in [-0.4, -0.2) is 60.0 Å². The van der Waals surface area contributed by atoms with E-state index < -0.39 is 17.9 Å². The van der Waals surface area contributed by atoms with Gasteiger partial charge >= 0.3 is 6.16 Å². The third-order valence-electron chi connectivity index (χ3n) is 5.30. The Labute approximate surface area is 167 Å². The van der Waals surface area contributed by atoms with Gasteiger partial charge in [-0.2, -0.15) is 0 Å². The number of carbonyl (C=O) groups excluding carboxylic acids is 2. The van der Waals surface area contributed by atoms with Crippen LogP contribution in [0.1, 0.15) is 49.5 Å². The summed E-state index contributed by atoms with van der Waals surface area (Å²) in [7, 11) is 0. The maximum absolute atomic E-state index is 12.9. The van der Waals surface area contributed by atoms with Crippen molar-refractivity contribution in [1.29, 1.82) is 0 Å². The van der Waals surface area contributed by atoms with Crippen molar-refractivity contribution < 1.29 is 28.5 Å². The van der Waals surface area contributed by atoms with E-state index >= 15 is 0 Å². The van der Waals surface area contributed by atoms with Crippen LogP contribution >= 0.6 is 0 Å². The molecule has 0 radical (unpaired) electrons. The lowest BCUT2D eigenvalue weighted by atomic mass is 9.98. The molecule has 3 heterocycles. The number of aromatic nitrogens is 1. The molecule has 0 aromatic carbocycles. The number of carbonyl (C=O) groups is 2. The van der Waals surface area contributed by atoms with Crippen LogP contribution in [0.2, 0.25) is 0 Å². The van der Waals surface area contributed by atoms with E-state index in [0.29, 0.717) is 19.8 Å². The number of fused-ring (bicyclic) bond motifs is 2. The number of nitrogens with zero attached hydrogens (tertiary/aromatic N) is 2. The van der Waals surface area contributed by atoms with E-state index in [2.05, 4.69) is 5.43 Å². The molecule has 1 amide bonds. The van der Waals surface area contributed by atoms with Gasteiger partial charge in [0.1, 0.15) is 12.3 Å². The molecule has 4 rings (SSSR count). The summed E-state index contributed by atoms with van der Waals surface area (Å²) in [6.45, 7) is 2.65. The van der Waals surface area contributed by atoms with E-state index in [1.807, 2.05) is 0 Å². The number of ether oxygens (including phenoxy) is 4. The number of rotatable bonds is 4. The molecule has 1 saturated heterocycles. The number of hydrogen-bond acceptors (Lipinski definition) is 8. The molecule has 2 atom stereocenters. The van der Waals surface area contributed by atoms with E-state index in [0.717, 1.165) is 32.1 Å². The van der Waals surface area contributed by atoms with Gasteiger partial charge in [-0.25, -0.2) is 4.79 Å². The normalized spacial score (nSPS) is 22.7. The van der Waals surface area contributed by atoms with Gasteiger partial charge in [0.25, 0.3) is 5.91 Å². The summed E-state index contributed by atoms with van der Waals surface area (Å²) in [5.74, 6) is -0.519. The van der Waals surface area contributed by atoms with Gasteiger partial charge in [-0.05, 0) is 25.7 Å². The highest BCUT2D eigenvalue weighted by Gasteiger charge is 2.37. The Balaban J connectivity index is 1.46. The molecule has 2 fully saturated rings. The van der Waals surface area contributed by atoms with Gasteiger partial charge in [-0.3, -0.25) is 14.3 Å². The highest BCUT2D eigenvalue weighted by Crippen LogP contribution is 2.24. The predicted octanol–water partition coefficient (Wildman–Crippen LogP) is 1.41. The summed E-state index contributed by atoms with van der Waals surface area (Å²) < 4.78 is 22.9. The lowest BCUT2D eigenvalue weighted by molar-refractivity contribution is -0.0694. The second-order valence-corrected chi connectivity index (χ2v) is 7.38. The topological polar surface area (TPSA) is 108 Å². The van der Waals surface area contributed by atoms with E-state index in [4.69, 9.17) is 18.9 Å². The highest BCUT2D eigenvalue weighted by molar-refractivity contribution is 5.96. The van der Waals surface area contributed by atoms with Crippen LogP contribution in [0.3, 0.4) is 0 Å². The van der Waals surface area contributed by atoms with Crippen LogP contribution < -0.4 is 15.6 Å². The van der Waals surface area contributed by atoms with Crippen LogP contribution in [0.4, 0.5) is 4.79 Å². The van der Waals surface area contributed by atoms with Crippen molar-refractivity contribution in [2.75, 3.05) is 25.2 Å². The Hall–Kier alpha value is -2.75. The van der Waals surface area contributed by atoms with Gasteiger partial charge in [0.15, 0.2) is 5.69 Å². The molecule has 10 nitrogen and oxygen atoms in total. The molecular formula is C19H25N3O7. The van der Waals surface area contributed by atoms with Crippen LogP contribution in [0, 0.1) is 0 Å². The zero-order chi connectivity index (χ0) is 20.4. The summed E-state index contributed by atoms with van der Waals surface area (Å²) in [6, 6.07) is 1.28. The third-order valence-corrected chi connectivity index (χ3v) is 5.30. The highest BCUT2D eigenvalue weighted by atomic mass is 16.8. The van der Waals surface area contributed by atoms with Gasteiger partial charge in [0.05, 0.1) is 13.2 Å². The summed E-state index contributed by atoms with van der Waals surface area (Å²) in [5.41, 5.74) is 2.69. The average Bonchev–Trinajstić information content (AvgIpc) is 2.71. The molecule has 29 heavy (non-hydrogen) atoms. The Morgan fingerprint density at radius 1 is 1.28 bits per heavy atom. The molecule has 3 aliphatic rings. The Bertz CT molecular complexity index is 834. The van der Waals surface area contributed by atoms with Gasteiger partial charge in [0.2, 0.25) is 17.5 Å². The van der Waals surface area contributed by atoms with Crippen molar-refractivity contribution in [2.24, 2.45) is 0 Å². The molecule has 1 aliphatic carbocycles. The zero-order valence-corrected chi connectivity index (χ0v) is 16.3. The van der Waals surface area contributed by atoms with Crippen molar-refractivity contribution in [1.82, 2.24) is 9.58 Å². The summed E-state index contributed by atoms with van der Waals surface area (Å²) in [5, 5.41) is 0. The van der Waals surface area contributed by atoms with Gasteiger partial charge in [-0.1, -0.05) is 6.42 Å². The molecular weight excluding hydrogens is 382 g/mol. The fraction of sp³-hybridized carbons (Fsp3) is 0.632. The molecule has 0 bridgehead atoms. The molecule has 0 spiro atoms. The summed E-state index contributed by atoms with van der Waals surface area (Å²) in [6.07, 6.45) is 3.88. The molecule has 10 heteroatoms. The second kappa shape index (κ2) is 8.32. The zero-order valence-electron chi connectivity index (χ0n) is 16.3. The van der Waals surface area contributed by atoms with Crippen LogP contribution in [0.5, 0.6) is 5.75 Å². The first-order chi connectivity index (χ1) is 14.0. The molecule has 1 aromatic rings. The van der Waals surface area contributed by atoms with Gasteiger partial charge in [-0.15, -0.1) is 0 Å². The van der Waals surface area contributed by atoms with Crippen molar-refractivity contribution in [3.05, 3.63) is 28.2 Å². The number of hydrogen-bond donors (Lipinski definition) is 1. The average molecular weight is 407 g/mol. The molecule has 1 N–H and O–H groups in total. The van der Waals surface area contributed by atoms with Crippen LogP contribution in [-0.2, 0) is 14.2 Å². The smallest absolute Gasteiger partial charge is 0.448 e. The number of pyridine rings is 1. The Morgan fingerprint density at radius 2 is 2.07 bits per heavy atom. The number of amides is 1. The monoisotopic (exact) mass is 407 g/mol. The summed E-state index contributed by atoms with van der Waals surface area (Å²) >= 11 is 0. The number of morpholine rings is 1. The van der Waals surface area contributed by atoms with Crippen LogP contribution in [0.15, 0.2) is 17.1 Å². The van der Waals surface area contributed by atoms with Crippen molar-refractivity contribution >= 4 is 12.1 Å². The fourth-order valence-corrected chi connectivity index (χ4v) is 3.86. The minimum absolute atomic E-state index is 0.0618. The Morgan fingerprint density at radius 3 is 2.86 bits per heavy atom. The first-order valence-electron chi connectivity index (χ1n) is 9.98. The quantitative estimate of drug-likeness (QED) is 0.590. The molecule has 2 aliphatic heterocycles. The largest absolute Gasteiger partial charge is 0.511 e. The third kappa shape index (κ3) is 4.16.